The second-order valence-corrected chi connectivity index (χ2v) is 4.85. The van der Waals surface area contributed by atoms with Gasteiger partial charge in [0.2, 0.25) is 5.91 Å². The molecule has 0 bridgehead atoms. The van der Waals surface area contributed by atoms with E-state index in [0.29, 0.717) is 5.56 Å². The molecule has 0 saturated heterocycles. The molecule has 0 radical (unpaired) electrons. The third-order valence-electron chi connectivity index (χ3n) is 2.64. The van der Waals surface area contributed by atoms with Crippen LogP contribution in [-0.4, -0.2) is 34.2 Å². The molecule has 110 valence electrons. The SMILES string of the molecule is CC(O)(CNC(=O)C=Cc1ccc(C#N)cc1)CC(=O)O. The molecule has 0 aliphatic carbocycles. The van der Waals surface area contributed by atoms with Crippen molar-refractivity contribution in [1.82, 2.24) is 5.32 Å². The van der Waals surface area contributed by atoms with Gasteiger partial charge in [0.15, 0.2) is 0 Å². The summed E-state index contributed by atoms with van der Waals surface area (Å²) in [6.07, 6.45) is 2.38. The lowest BCUT2D eigenvalue weighted by Crippen LogP contribution is -2.41. The Labute approximate surface area is 122 Å². The summed E-state index contributed by atoms with van der Waals surface area (Å²) < 4.78 is 0. The van der Waals surface area contributed by atoms with Crippen LogP contribution in [0.25, 0.3) is 6.08 Å². The fraction of sp³-hybridized carbons (Fsp3) is 0.267. The van der Waals surface area contributed by atoms with Crippen LogP contribution in [0.1, 0.15) is 24.5 Å². The zero-order valence-corrected chi connectivity index (χ0v) is 11.5. The predicted molar refractivity (Wildman–Crippen MR) is 76.1 cm³/mol. The van der Waals surface area contributed by atoms with E-state index < -0.39 is 23.9 Å². The first kappa shape index (κ1) is 16.4. The number of aliphatic hydroxyl groups is 1. The number of carboxylic acids is 1. The fourth-order valence-electron chi connectivity index (χ4n) is 1.57. The Morgan fingerprint density at radius 1 is 1.38 bits per heavy atom. The van der Waals surface area contributed by atoms with Gasteiger partial charge in [0, 0.05) is 12.6 Å². The minimum absolute atomic E-state index is 0.157. The first-order valence-corrected chi connectivity index (χ1v) is 6.23. The summed E-state index contributed by atoms with van der Waals surface area (Å²) in [6, 6.07) is 8.66. The maximum absolute atomic E-state index is 11.6. The molecular weight excluding hydrogens is 272 g/mol. The van der Waals surface area contributed by atoms with Crippen LogP contribution >= 0.6 is 0 Å². The van der Waals surface area contributed by atoms with Gasteiger partial charge >= 0.3 is 5.97 Å². The summed E-state index contributed by atoms with van der Waals surface area (Å²) in [5, 5.41) is 29.4. The van der Waals surface area contributed by atoms with Crippen LogP contribution in [0.2, 0.25) is 0 Å². The number of carbonyl (C=O) groups excluding carboxylic acids is 1. The zero-order chi connectivity index (χ0) is 15.9. The van der Waals surface area contributed by atoms with Gasteiger partial charge in [-0.2, -0.15) is 5.26 Å². The number of rotatable bonds is 6. The minimum atomic E-state index is -1.50. The van der Waals surface area contributed by atoms with Crippen molar-refractivity contribution in [1.29, 1.82) is 5.26 Å². The van der Waals surface area contributed by atoms with Crippen LogP contribution in [0.15, 0.2) is 30.3 Å². The Morgan fingerprint density at radius 3 is 2.52 bits per heavy atom. The molecule has 0 heterocycles. The van der Waals surface area contributed by atoms with E-state index in [1.165, 1.54) is 13.0 Å². The van der Waals surface area contributed by atoms with E-state index in [0.717, 1.165) is 5.56 Å². The molecule has 1 atom stereocenters. The number of hydrogen-bond donors (Lipinski definition) is 3. The molecule has 0 aliphatic rings. The molecule has 1 rings (SSSR count). The smallest absolute Gasteiger partial charge is 0.306 e. The number of carbonyl (C=O) groups is 2. The first-order chi connectivity index (χ1) is 9.82. The van der Waals surface area contributed by atoms with Crippen molar-refractivity contribution in [3.8, 4) is 6.07 Å². The van der Waals surface area contributed by atoms with E-state index in [2.05, 4.69) is 5.32 Å². The van der Waals surface area contributed by atoms with Gasteiger partial charge in [-0.25, -0.2) is 0 Å². The number of amides is 1. The minimum Gasteiger partial charge on any atom is -0.481 e. The van der Waals surface area contributed by atoms with Crippen LogP contribution in [0, 0.1) is 11.3 Å². The predicted octanol–water partition coefficient (Wildman–Crippen LogP) is 0.913. The van der Waals surface area contributed by atoms with Crippen molar-refractivity contribution in [2.75, 3.05) is 6.54 Å². The fourth-order valence-corrected chi connectivity index (χ4v) is 1.57. The summed E-state index contributed by atoms with van der Waals surface area (Å²) in [5.41, 5.74) is -0.216. The first-order valence-electron chi connectivity index (χ1n) is 6.23. The number of nitriles is 1. The number of carboxylic acid groups (broad SMARTS) is 1. The van der Waals surface area contributed by atoms with E-state index in [9.17, 15) is 14.7 Å². The third kappa shape index (κ3) is 6.36. The summed E-state index contributed by atoms with van der Waals surface area (Å²) in [4.78, 5) is 22.1. The standard InChI is InChI=1S/C15H16N2O4/c1-15(21,8-14(19)20)10-17-13(18)7-6-11-2-4-12(9-16)5-3-11/h2-7,21H,8,10H2,1H3,(H,17,18)(H,19,20). The molecule has 0 aliphatic heterocycles. The van der Waals surface area contributed by atoms with Crippen molar-refractivity contribution in [2.45, 2.75) is 18.9 Å². The molecular formula is C15H16N2O4. The summed E-state index contributed by atoms with van der Waals surface area (Å²) >= 11 is 0. The summed E-state index contributed by atoms with van der Waals surface area (Å²) in [6.45, 7) is 1.18. The normalized spacial score (nSPS) is 13.4. The molecule has 3 N–H and O–H groups in total. The van der Waals surface area contributed by atoms with Crippen molar-refractivity contribution in [2.24, 2.45) is 0 Å². The molecule has 6 heteroatoms. The highest BCUT2D eigenvalue weighted by Gasteiger charge is 2.24. The number of nitrogens with one attached hydrogen (secondary N) is 1. The van der Waals surface area contributed by atoms with Gasteiger partial charge < -0.3 is 15.5 Å². The van der Waals surface area contributed by atoms with E-state index in [1.54, 1.807) is 30.3 Å². The maximum Gasteiger partial charge on any atom is 0.306 e. The van der Waals surface area contributed by atoms with Crippen LogP contribution in [0.5, 0.6) is 0 Å². The average Bonchev–Trinajstić information content (AvgIpc) is 2.42. The van der Waals surface area contributed by atoms with Gasteiger partial charge in [-0.15, -0.1) is 0 Å². The third-order valence-corrected chi connectivity index (χ3v) is 2.64. The second-order valence-electron chi connectivity index (χ2n) is 4.85. The van der Waals surface area contributed by atoms with E-state index in [-0.39, 0.29) is 6.54 Å². The maximum atomic E-state index is 11.6. The van der Waals surface area contributed by atoms with Gasteiger partial charge in [-0.05, 0) is 30.7 Å². The van der Waals surface area contributed by atoms with Crippen LogP contribution in [0.4, 0.5) is 0 Å². The number of nitrogens with zero attached hydrogens (tertiary/aromatic N) is 1. The molecule has 21 heavy (non-hydrogen) atoms. The number of aliphatic carboxylic acids is 1. The number of benzene rings is 1. The second kappa shape index (κ2) is 7.22. The lowest BCUT2D eigenvalue weighted by molar-refractivity contribution is -0.142. The Morgan fingerprint density at radius 2 is 2.00 bits per heavy atom. The molecule has 1 aromatic carbocycles. The van der Waals surface area contributed by atoms with Gasteiger partial charge in [0.1, 0.15) is 0 Å². The van der Waals surface area contributed by atoms with Crippen LogP contribution in [0.3, 0.4) is 0 Å². The summed E-state index contributed by atoms with van der Waals surface area (Å²) in [5.74, 6) is -1.58. The Balaban J connectivity index is 2.51. The highest BCUT2D eigenvalue weighted by atomic mass is 16.4. The van der Waals surface area contributed by atoms with Crippen molar-refractivity contribution < 1.29 is 19.8 Å². The number of hydrogen-bond acceptors (Lipinski definition) is 4. The highest BCUT2D eigenvalue weighted by molar-refractivity contribution is 5.91. The van der Waals surface area contributed by atoms with Crippen LogP contribution < -0.4 is 5.32 Å². The molecule has 0 saturated carbocycles. The molecule has 1 amide bonds. The molecule has 1 aromatic rings. The van der Waals surface area contributed by atoms with Crippen LogP contribution in [-0.2, 0) is 9.59 Å². The molecule has 0 spiro atoms. The van der Waals surface area contributed by atoms with Gasteiger partial charge in [-0.1, -0.05) is 12.1 Å². The quantitative estimate of drug-likeness (QED) is 0.674. The Hall–Kier alpha value is -2.65. The molecule has 6 nitrogen and oxygen atoms in total. The van der Waals surface area contributed by atoms with E-state index in [1.807, 2.05) is 6.07 Å². The molecule has 0 fully saturated rings. The van der Waals surface area contributed by atoms with E-state index >= 15 is 0 Å². The van der Waals surface area contributed by atoms with Crippen molar-refractivity contribution in [3.63, 3.8) is 0 Å². The largest absolute Gasteiger partial charge is 0.481 e. The van der Waals surface area contributed by atoms with Crippen molar-refractivity contribution >= 4 is 18.0 Å². The molecule has 1 unspecified atom stereocenters. The van der Waals surface area contributed by atoms with Gasteiger partial charge in [0.25, 0.3) is 0 Å². The topological polar surface area (TPSA) is 110 Å². The summed E-state index contributed by atoms with van der Waals surface area (Å²) in [7, 11) is 0. The van der Waals surface area contributed by atoms with Gasteiger partial charge in [0.05, 0.1) is 23.7 Å². The lowest BCUT2D eigenvalue weighted by atomic mass is 10.0. The van der Waals surface area contributed by atoms with E-state index in [4.69, 9.17) is 10.4 Å². The zero-order valence-electron chi connectivity index (χ0n) is 11.5. The molecule has 0 aromatic heterocycles. The van der Waals surface area contributed by atoms with Crippen molar-refractivity contribution in [3.05, 3.63) is 41.5 Å². The Bertz CT molecular complexity index is 583. The Kier molecular flexibility index (Phi) is 5.64. The monoisotopic (exact) mass is 288 g/mol. The van der Waals surface area contributed by atoms with Gasteiger partial charge in [-0.3, -0.25) is 9.59 Å². The average molecular weight is 288 g/mol. The highest BCUT2D eigenvalue weighted by Crippen LogP contribution is 2.08. The lowest BCUT2D eigenvalue weighted by Gasteiger charge is -2.20.